The van der Waals surface area contributed by atoms with Crippen molar-refractivity contribution < 1.29 is 24.0 Å². The molecule has 0 unspecified atom stereocenters. The van der Waals surface area contributed by atoms with E-state index < -0.39 is 22.5 Å². The van der Waals surface area contributed by atoms with E-state index in [1.54, 1.807) is 6.92 Å². The minimum atomic E-state index is -0.835. The van der Waals surface area contributed by atoms with Crippen molar-refractivity contribution in [1.82, 2.24) is 5.32 Å². The van der Waals surface area contributed by atoms with Gasteiger partial charge in [-0.3, -0.25) is 10.1 Å². The van der Waals surface area contributed by atoms with Gasteiger partial charge in [-0.05, 0) is 31.6 Å². The van der Waals surface area contributed by atoms with Gasteiger partial charge in [0, 0.05) is 25.0 Å². The molecule has 152 valence electrons. The molecule has 1 N–H and O–H groups in total. The number of nitrogens with zero attached hydrogens (tertiary/aromatic N) is 1. The molecule has 2 aromatic rings. The fraction of sp³-hybridized carbons (Fsp3) is 0.333. The zero-order chi connectivity index (χ0) is 20.9. The SMILES string of the molecule is CCOC(=O)c1cc(C(=O)OC2(c3ccccc3)CCNCC2)cc([N+](=O)[O-])c1. The Balaban J connectivity index is 1.96. The van der Waals surface area contributed by atoms with Crippen molar-refractivity contribution in [2.45, 2.75) is 25.4 Å². The molecule has 8 heteroatoms. The van der Waals surface area contributed by atoms with Crippen LogP contribution in [-0.2, 0) is 15.1 Å². The normalized spacial score (nSPS) is 15.3. The highest BCUT2D eigenvalue weighted by Crippen LogP contribution is 2.36. The third-order valence-corrected chi connectivity index (χ3v) is 4.87. The first kappa shape index (κ1) is 20.5. The lowest BCUT2D eigenvalue weighted by molar-refractivity contribution is -0.384. The molecular formula is C21H22N2O6. The topological polar surface area (TPSA) is 108 Å². The van der Waals surface area contributed by atoms with Crippen LogP contribution in [0.25, 0.3) is 0 Å². The molecule has 0 radical (unpaired) electrons. The Morgan fingerprint density at radius 3 is 2.28 bits per heavy atom. The Bertz CT molecular complexity index is 907. The van der Waals surface area contributed by atoms with Gasteiger partial charge in [0.25, 0.3) is 5.69 Å². The molecule has 2 aromatic carbocycles. The maximum absolute atomic E-state index is 13.0. The number of nitrogens with one attached hydrogen (secondary N) is 1. The highest BCUT2D eigenvalue weighted by Gasteiger charge is 2.38. The highest BCUT2D eigenvalue weighted by atomic mass is 16.6. The average Bonchev–Trinajstić information content (AvgIpc) is 2.74. The number of benzene rings is 2. The third kappa shape index (κ3) is 4.60. The standard InChI is InChI=1S/C21H22N2O6/c1-2-28-19(24)15-12-16(14-18(13-15)23(26)27)20(25)29-21(8-10-22-11-9-21)17-6-4-3-5-7-17/h3-7,12-14,22H,2,8-11H2,1H3. The van der Waals surface area contributed by atoms with Crippen molar-refractivity contribution in [2.75, 3.05) is 19.7 Å². The van der Waals surface area contributed by atoms with E-state index in [-0.39, 0.29) is 23.4 Å². The number of hydrogen-bond donors (Lipinski definition) is 1. The summed E-state index contributed by atoms with van der Waals surface area (Å²) in [5, 5.41) is 14.5. The van der Waals surface area contributed by atoms with E-state index in [1.165, 1.54) is 6.07 Å². The molecule has 1 aliphatic rings. The molecular weight excluding hydrogens is 376 g/mol. The summed E-state index contributed by atoms with van der Waals surface area (Å²) in [6, 6.07) is 12.9. The third-order valence-electron chi connectivity index (χ3n) is 4.87. The molecule has 0 aliphatic carbocycles. The van der Waals surface area contributed by atoms with Gasteiger partial charge in [-0.25, -0.2) is 9.59 Å². The van der Waals surface area contributed by atoms with Crippen molar-refractivity contribution >= 4 is 17.6 Å². The summed E-state index contributed by atoms with van der Waals surface area (Å²) in [5.74, 6) is -1.45. The van der Waals surface area contributed by atoms with Crippen LogP contribution in [0.2, 0.25) is 0 Å². The fourth-order valence-electron chi connectivity index (χ4n) is 3.43. The lowest BCUT2D eigenvalue weighted by Gasteiger charge is -2.37. The predicted octanol–water partition coefficient (Wildman–Crippen LogP) is 3.21. The molecule has 1 fully saturated rings. The van der Waals surface area contributed by atoms with Crippen molar-refractivity contribution in [3.05, 3.63) is 75.3 Å². The van der Waals surface area contributed by atoms with Crippen molar-refractivity contribution in [3.63, 3.8) is 0 Å². The highest BCUT2D eigenvalue weighted by molar-refractivity contribution is 5.96. The summed E-state index contributed by atoms with van der Waals surface area (Å²) < 4.78 is 10.8. The van der Waals surface area contributed by atoms with Gasteiger partial charge < -0.3 is 14.8 Å². The Labute approximate surface area is 168 Å². The maximum Gasteiger partial charge on any atom is 0.339 e. The van der Waals surface area contributed by atoms with E-state index in [0.717, 1.165) is 17.7 Å². The summed E-state index contributed by atoms with van der Waals surface area (Å²) in [5.41, 5.74) is -0.464. The number of hydrogen-bond acceptors (Lipinski definition) is 7. The number of nitro groups is 1. The van der Waals surface area contributed by atoms with Gasteiger partial charge in [0.2, 0.25) is 0 Å². The summed E-state index contributed by atoms with van der Waals surface area (Å²) >= 11 is 0. The van der Waals surface area contributed by atoms with Crippen molar-refractivity contribution in [2.24, 2.45) is 0 Å². The van der Waals surface area contributed by atoms with Crippen LogP contribution in [0.5, 0.6) is 0 Å². The van der Waals surface area contributed by atoms with Crippen LogP contribution in [0.15, 0.2) is 48.5 Å². The van der Waals surface area contributed by atoms with Crippen LogP contribution < -0.4 is 5.32 Å². The van der Waals surface area contributed by atoms with Crippen LogP contribution in [0.3, 0.4) is 0 Å². The Morgan fingerprint density at radius 2 is 1.69 bits per heavy atom. The molecule has 0 atom stereocenters. The van der Waals surface area contributed by atoms with Gasteiger partial charge in [-0.1, -0.05) is 30.3 Å². The molecule has 0 amide bonds. The molecule has 1 saturated heterocycles. The second kappa shape index (κ2) is 8.83. The summed E-state index contributed by atoms with van der Waals surface area (Å²) in [6.45, 7) is 3.09. The van der Waals surface area contributed by atoms with Crippen LogP contribution in [0.1, 0.15) is 46.0 Å². The van der Waals surface area contributed by atoms with E-state index in [4.69, 9.17) is 9.47 Å². The monoisotopic (exact) mass is 398 g/mol. The van der Waals surface area contributed by atoms with Gasteiger partial charge in [0.15, 0.2) is 0 Å². The van der Waals surface area contributed by atoms with Crippen molar-refractivity contribution in [3.8, 4) is 0 Å². The second-order valence-electron chi connectivity index (χ2n) is 6.75. The van der Waals surface area contributed by atoms with Crippen molar-refractivity contribution in [1.29, 1.82) is 0 Å². The van der Waals surface area contributed by atoms with E-state index in [1.807, 2.05) is 30.3 Å². The number of esters is 2. The second-order valence-corrected chi connectivity index (χ2v) is 6.75. The molecule has 0 aromatic heterocycles. The zero-order valence-corrected chi connectivity index (χ0v) is 16.1. The van der Waals surface area contributed by atoms with E-state index in [2.05, 4.69) is 5.32 Å². The number of ether oxygens (including phenoxy) is 2. The minimum Gasteiger partial charge on any atom is -0.462 e. The fourth-order valence-corrected chi connectivity index (χ4v) is 3.43. The number of carbonyl (C=O) groups is 2. The van der Waals surface area contributed by atoms with Crippen LogP contribution in [-0.4, -0.2) is 36.6 Å². The van der Waals surface area contributed by atoms with Gasteiger partial charge in [-0.2, -0.15) is 0 Å². The average molecular weight is 398 g/mol. The van der Waals surface area contributed by atoms with Crippen LogP contribution in [0.4, 0.5) is 5.69 Å². The van der Waals surface area contributed by atoms with Crippen LogP contribution >= 0.6 is 0 Å². The number of non-ortho nitro benzene ring substituents is 1. The van der Waals surface area contributed by atoms with E-state index in [9.17, 15) is 19.7 Å². The van der Waals surface area contributed by atoms with Gasteiger partial charge in [0.1, 0.15) is 5.60 Å². The first-order valence-electron chi connectivity index (χ1n) is 9.41. The molecule has 3 rings (SSSR count). The molecule has 0 bridgehead atoms. The van der Waals surface area contributed by atoms with E-state index >= 15 is 0 Å². The maximum atomic E-state index is 13.0. The molecule has 0 spiro atoms. The Kier molecular flexibility index (Phi) is 6.23. The summed E-state index contributed by atoms with van der Waals surface area (Å²) in [7, 11) is 0. The number of rotatable bonds is 6. The number of piperidine rings is 1. The first-order valence-corrected chi connectivity index (χ1v) is 9.41. The summed E-state index contributed by atoms with van der Waals surface area (Å²) in [6.07, 6.45) is 1.14. The lowest BCUT2D eigenvalue weighted by Crippen LogP contribution is -2.43. The number of carbonyl (C=O) groups excluding carboxylic acids is 2. The quantitative estimate of drug-likeness (QED) is 0.452. The Morgan fingerprint density at radius 1 is 1.07 bits per heavy atom. The van der Waals surface area contributed by atoms with Gasteiger partial charge >= 0.3 is 11.9 Å². The molecule has 1 heterocycles. The molecule has 1 aliphatic heterocycles. The van der Waals surface area contributed by atoms with Crippen LogP contribution in [0, 0.1) is 10.1 Å². The summed E-state index contributed by atoms with van der Waals surface area (Å²) in [4.78, 5) is 35.7. The minimum absolute atomic E-state index is 0.0592. The largest absolute Gasteiger partial charge is 0.462 e. The van der Waals surface area contributed by atoms with Gasteiger partial charge in [0.05, 0.1) is 22.7 Å². The molecule has 29 heavy (non-hydrogen) atoms. The lowest BCUT2D eigenvalue weighted by atomic mass is 9.84. The predicted molar refractivity (Wildman–Crippen MR) is 105 cm³/mol. The molecule has 0 saturated carbocycles. The number of nitro benzene ring substituents is 1. The molecule has 8 nitrogen and oxygen atoms in total. The zero-order valence-electron chi connectivity index (χ0n) is 16.1. The Hall–Kier alpha value is -3.26. The smallest absolute Gasteiger partial charge is 0.339 e. The van der Waals surface area contributed by atoms with Gasteiger partial charge in [-0.15, -0.1) is 0 Å². The van der Waals surface area contributed by atoms with E-state index in [0.29, 0.717) is 25.9 Å². The first-order chi connectivity index (χ1) is 13.9.